The van der Waals surface area contributed by atoms with E-state index >= 15 is 0 Å². The maximum Gasteiger partial charge on any atom is 0.206 e. The summed E-state index contributed by atoms with van der Waals surface area (Å²) in [6.07, 6.45) is 1.78. The molecule has 0 radical (unpaired) electrons. The van der Waals surface area contributed by atoms with Crippen molar-refractivity contribution in [3.8, 4) is 5.69 Å². The fraction of sp³-hybridized carbons (Fsp3) is 0. The van der Waals surface area contributed by atoms with Crippen LogP contribution in [0.5, 0.6) is 0 Å². The highest BCUT2D eigenvalue weighted by molar-refractivity contribution is 14.1. The number of rotatable bonds is 1. The smallest absolute Gasteiger partial charge is 0.206 e. The van der Waals surface area contributed by atoms with Crippen molar-refractivity contribution in [2.75, 3.05) is 5.73 Å². The highest BCUT2D eigenvalue weighted by Gasteiger charge is 2.15. The molecule has 5 heteroatoms. The van der Waals surface area contributed by atoms with E-state index < -0.39 is 0 Å². The van der Waals surface area contributed by atoms with Gasteiger partial charge in [-0.05, 0) is 40.8 Å². The van der Waals surface area contributed by atoms with Crippen LogP contribution in [0.15, 0.2) is 54.7 Å². The van der Waals surface area contributed by atoms with Crippen molar-refractivity contribution in [3.63, 3.8) is 0 Å². The Morgan fingerprint density at radius 3 is 2.57 bits per heavy atom. The number of hydrogen-bond donors (Lipinski definition) is 1. The maximum atomic E-state index is 6.17. The molecule has 102 valence electrons. The molecule has 0 aliphatic rings. The third-order valence-electron chi connectivity index (χ3n) is 3.51. The van der Waals surface area contributed by atoms with Gasteiger partial charge in [0.05, 0.1) is 22.9 Å². The van der Waals surface area contributed by atoms with Crippen LogP contribution in [0.4, 0.5) is 5.95 Å². The third-order valence-corrected chi connectivity index (χ3v) is 4.42. The van der Waals surface area contributed by atoms with Gasteiger partial charge in [0.15, 0.2) is 0 Å². The Kier molecular flexibility index (Phi) is 2.81. The van der Waals surface area contributed by atoms with Crippen LogP contribution in [0, 0.1) is 3.57 Å². The predicted octanol–water partition coefficient (Wildman–Crippen LogP) is 3.76. The summed E-state index contributed by atoms with van der Waals surface area (Å²) >= 11 is 2.31. The van der Waals surface area contributed by atoms with E-state index in [4.69, 9.17) is 5.73 Å². The molecule has 0 saturated heterocycles. The number of benzene rings is 2. The van der Waals surface area contributed by atoms with Crippen LogP contribution >= 0.6 is 22.6 Å². The summed E-state index contributed by atoms with van der Waals surface area (Å²) in [6.45, 7) is 0. The lowest BCUT2D eigenvalue weighted by Gasteiger charge is -2.10. The molecular formula is C16H11IN4. The monoisotopic (exact) mass is 386 g/mol. The van der Waals surface area contributed by atoms with E-state index in [0.717, 1.165) is 31.2 Å². The van der Waals surface area contributed by atoms with Gasteiger partial charge < -0.3 is 5.73 Å². The van der Waals surface area contributed by atoms with E-state index in [-0.39, 0.29) is 0 Å². The highest BCUT2D eigenvalue weighted by Crippen LogP contribution is 2.30. The van der Waals surface area contributed by atoms with Crippen LogP contribution in [-0.4, -0.2) is 14.5 Å². The highest BCUT2D eigenvalue weighted by atomic mass is 127. The molecule has 0 spiro atoms. The molecule has 0 amide bonds. The summed E-state index contributed by atoms with van der Waals surface area (Å²) in [4.78, 5) is 8.90. The van der Waals surface area contributed by atoms with Crippen molar-refractivity contribution >= 4 is 50.5 Å². The lowest BCUT2D eigenvalue weighted by atomic mass is 10.2. The molecule has 0 aliphatic heterocycles. The number of pyridine rings is 1. The molecule has 0 atom stereocenters. The molecule has 2 aromatic heterocycles. The summed E-state index contributed by atoms with van der Waals surface area (Å²) in [5.41, 5.74) is 9.96. The van der Waals surface area contributed by atoms with Crippen molar-refractivity contribution in [1.82, 2.24) is 14.5 Å². The normalized spacial score (nSPS) is 11.3. The Labute approximate surface area is 134 Å². The quantitative estimate of drug-likeness (QED) is 0.507. The van der Waals surface area contributed by atoms with Crippen LogP contribution in [0.2, 0.25) is 0 Å². The van der Waals surface area contributed by atoms with Gasteiger partial charge in [0.1, 0.15) is 5.52 Å². The first-order valence-corrected chi connectivity index (χ1v) is 7.60. The van der Waals surface area contributed by atoms with Crippen molar-refractivity contribution in [2.45, 2.75) is 0 Å². The Morgan fingerprint density at radius 2 is 1.71 bits per heavy atom. The summed E-state index contributed by atoms with van der Waals surface area (Å²) in [5, 5.41) is 1.05. The zero-order chi connectivity index (χ0) is 14.4. The van der Waals surface area contributed by atoms with Gasteiger partial charge in [-0.15, -0.1) is 0 Å². The Bertz CT molecular complexity index is 975. The van der Waals surface area contributed by atoms with Crippen LogP contribution in [0.3, 0.4) is 0 Å². The summed E-state index contributed by atoms with van der Waals surface area (Å²) in [7, 11) is 0. The number of hydrogen-bond acceptors (Lipinski definition) is 3. The van der Waals surface area contributed by atoms with Crippen LogP contribution in [0.25, 0.3) is 27.6 Å². The number of para-hydroxylation sites is 2. The van der Waals surface area contributed by atoms with Gasteiger partial charge in [-0.3, -0.25) is 9.55 Å². The largest absolute Gasteiger partial charge is 0.369 e. The van der Waals surface area contributed by atoms with Crippen LogP contribution in [0.1, 0.15) is 0 Å². The van der Waals surface area contributed by atoms with E-state index in [1.54, 1.807) is 6.20 Å². The molecule has 0 bridgehead atoms. The first-order chi connectivity index (χ1) is 10.3. The third kappa shape index (κ3) is 1.88. The molecule has 2 N–H and O–H groups in total. The molecule has 4 aromatic rings. The van der Waals surface area contributed by atoms with Crippen LogP contribution in [-0.2, 0) is 0 Å². The number of halogens is 1. The topological polar surface area (TPSA) is 56.7 Å². The van der Waals surface area contributed by atoms with Gasteiger partial charge in [0.25, 0.3) is 0 Å². The number of anilines is 1. The van der Waals surface area contributed by atoms with Gasteiger partial charge >= 0.3 is 0 Å². The van der Waals surface area contributed by atoms with Crippen molar-refractivity contribution < 1.29 is 0 Å². The molecule has 0 unspecified atom stereocenters. The zero-order valence-electron chi connectivity index (χ0n) is 11.0. The summed E-state index contributed by atoms with van der Waals surface area (Å²) in [5.74, 6) is 0.479. The van der Waals surface area contributed by atoms with Gasteiger partial charge in [0, 0.05) is 8.96 Å². The standard InChI is InChI=1S/C16H11IN4/c17-11-6-2-4-8-14(11)21-15-10-5-1-3-7-12(10)19-9-13(15)20-16(21)18/h1-9H,(H2,18,20). The number of nitrogens with zero attached hydrogens (tertiary/aromatic N) is 3. The van der Waals surface area contributed by atoms with E-state index in [1.165, 1.54) is 0 Å². The van der Waals surface area contributed by atoms with E-state index in [0.29, 0.717) is 5.95 Å². The molecular weight excluding hydrogens is 375 g/mol. The fourth-order valence-electron chi connectivity index (χ4n) is 2.60. The van der Waals surface area contributed by atoms with E-state index in [9.17, 15) is 0 Å². The average molecular weight is 386 g/mol. The van der Waals surface area contributed by atoms with Gasteiger partial charge in [-0.1, -0.05) is 30.3 Å². The number of nitrogen functional groups attached to an aromatic ring is 1. The molecule has 4 rings (SSSR count). The number of imidazole rings is 1. The van der Waals surface area contributed by atoms with E-state index in [2.05, 4.69) is 50.8 Å². The average Bonchev–Trinajstić information content (AvgIpc) is 2.84. The minimum absolute atomic E-state index is 0.479. The molecule has 21 heavy (non-hydrogen) atoms. The number of fused-ring (bicyclic) bond motifs is 3. The predicted molar refractivity (Wildman–Crippen MR) is 93.5 cm³/mol. The molecule has 2 heterocycles. The second kappa shape index (κ2) is 4.70. The Balaban J connectivity index is 2.21. The minimum atomic E-state index is 0.479. The maximum absolute atomic E-state index is 6.17. The fourth-order valence-corrected chi connectivity index (χ4v) is 3.23. The van der Waals surface area contributed by atoms with Crippen LogP contribution < -0.4 is 5.73 Å². The van der Waals surface area contributed by atoms with Gasteiger partial charge in [0.2, 0.25) is 5.95 Å². The molecule has 0 fully saturated rings. The van der Waals surface area contributed by atoms with Crippen molar-refractivity contribution in [1.29, 1.82) is 0 Å². The summed E-state index contributed by atoms with van der Waals surface area (Å²) in [6, 6.07) is 16.2. The second-order valence-corrected chi connectivity index (χ2v) is 5.93. The molecule has 2 aromatic carbocycles. The first kappa shape index (κ1) is 12.6. The molecule has 0 saturated carbocycles. The second-order valence-electron chi connectivity index (χ2n) is 4.77. The SMILES string of the molecule is Nc1nc2cnc3ccccc3c2n1-c1ccccc1I. The van der Waals surface area contributed by atoms with Crippen molar-refractivity contribution in [2.24, 2.45) is 0 Å². The first-order valence-electron chi connectivity index (χ1n) is 6.52. The Morgan fingerprint density at radius 1 is 0.952 bits per heavy atom. The van der Waals surface area contributed by atoms with Crippen molar-refractivity contribution in [3.05, 3.63) is 58.3 Å². The van der Waals surface area contributed by atoms with Gasteiger partial charge in [-0.2, -0.15) is 0 Å². The lowest BCUT2D eigenvalue weighted by molar-refractivity contribution is 1.10. The van der Waals surface area contributed by atoms with E-state index in [1.807, 2.05) is 34.9 Å². The number of aromatic nitrogens is 3. The van der Waals surface area contributed by atoms with Gasteiger partial charge in [-0.25, -0.2) is 4.98 Å². The number of nitrogens with two attached hydrogens (primary N) is 1. The summed E-state index contributed by atoms with van der Waals surface area (Å²) < 4.78 is 3.13. The minimum Gasteiger partial charge on any atom is -0.369 e. The zero-order valence-corrected chi connectivity index (χ0v) is 13.2. The molecule has 4 nitrogen and oxygen atoms in total. The Hall–Kier alpha value is -2.15. The molecule has 0 aliphatic carbocycles. The lowest BCUT2D eigenvalue weighted by Crippen LogP contribution is -2.02.